The molecule has 8 nitrogen and oxygen atoms in total. The number of rotatable bonds is 5. The average Bonchev–Trinajstić information content (AvgIpc) is 3.25. The highest BCUT2D eigenvalue weighted by molar-refractivity contribution is 7.89. The molecule has 0 atom stereocenters. The summed E-state index contributed by atoms with van der Waals surface area (Å²) in [6, 6.07) is 13.0. The fourth-order valence-electron chi connectivity index (χ4n) is 4.60. The minimum absolute atomic E-state index is 0.174. The number of aliphatic hydroxyl groups excluding tert-OH is 1. The molecule has 0 bridgehead atoms. The molecular weight excluding hydrogens is 462 g/mol. The standard InChI is InChI=1S/C26H29N5O3S/c1-16-3-6-18(7-4-16)23-15-31-24(14-28-26(31)25(27)29-23)22-13-21(12-5-17(22)2)35(33,34)30-19-8-10-20(32)11-9-19/h3-7,12-15,19-20,30,32H,8-11H2,1-2H3,(H2,27,29). The number of anilines is 1. The third-order valence-corrected chi connectivity index (χ3v) is 8.20. The smallest absolute Gasteiger partial charge is 0.240 e. The minimum atomic E-state index is -3.72. The molecule has 1 aliphatic carbocycles. The van der Waals surface area contributed by atoms with E-state index in [1.54, 1.807) is 24.4 Å². The van der Waals surface area contributed by atoms with Gasteiger partial charge in [-0.15, -0.1) is 0 Å². The summed E-state index contributed by atoms with van der Waals surface area (Å²) in [5.74, 6) is 0.303. The molecular formula is C26H29N5O3S. The van der Waals surface area contributed by atoms with E-state index in [1.807, 2.05) is 48.7 Å². The summed E-state index contributed by atoms with van der Waals surface area (Å²) in [5, 5.41) is 9.73. The Morgan fingerprint density at radius 1 is 1.06 bits per heavy atom. The van der Waals surface area contributed by atoms with Gasteiger partial charge in [-0.25, -0.2) is 23.1 Å². The van der Waals surface area contributed by atoms with Gasteiger partial charge in [0.15, 0.2) is 11.5 Å². The van der Waals surface area contributed by atoms with Gasteiger partial charge in [-0.3, -0.25) is 4.40 Å². The Hall–Kier alpha value is -3.27. The number of aromatic nitrogens is 3. The van der Waals surface area contributed by atoms with E-state index < -0.39 is 10.0 Å². The van der Waals surface area contributed by atoms with Gasteiger partial charge >= 0.3 is 0 Å². The molecule has 0 saturated heterocycles. The third-order valence-electron chi connectivity index (χ3n) is 6.68. The molecule has 2 aromatic carbocycles. The third kappa shape index (κ3) is 4.67. The van der Waals surface area contributed by atoms with Crippen molar-refractivity contribution in [3.8, 4) is 22.5 Å². The highest BCUT2D eigenvalue weighted by Gasteiger charge is 2.25. The molecule has 182 valence electrons. The molecule has 0 unspecified atom stereocenters. The van der Waals surface area contributed by atoms with Crippen LogP contribution in [0.4, 0.5) is 5.82 Å². The second-order valence-electron chi connectivity index (χ2n) is 9.32. The second kappa shape index (κ2) is 9.07. The van der Waals surface area contributed by atoms with Gasteiger partial charge < -0.3 is 10.8 Å². The lowest BCUT2D eigenvalue weighted by Crippen LogP contribution is -2.38. The number of benzene rings is 2. The first-order valence-electron chi connectivity index (χ1n) is 11.7. The van der Waals surface area contributed by atoms with Crippen molar-refractivity contribution in [2.24, 2.45) is 0 Å². The van der Waals surface area contributed by atoms with Gasteiger partial charge in [0.25, 0.3) is 0 Å². The molecule has 5 rings (SSSR count). The Kier molecular flexibility index (Phi) is 6.08. The quantitative estimate of drug-likeness (QED) is 0.390. The van der Waals surface area contributed by atoms with Gasteiger partial charge in [0.05, 0.1) is 28.6 Å². The molecule has 9 heteroatoms. The summed E-state index contributed by atoms with van der Waals surface area (Å²) in [4.78, 5) is 9.19. The number of nitrogen functional groups attached to an aromatic ring is 1. The first-order valence-corrected chi connectivity index (χ1v) is 13.2. The van der Waals surface area contributed by atoms with Crippen molar-refractivity contribution >= 4 is 21.5 Å². The van der Waals surface area contributed by atoms with Crippen molar-refractivity contribution in [1.82, 2.24) is 19.1 Å². The van der Waals surface area contributed by atoms with E-state index in [4.69, 9.17) is 5.73 Å². The molecule has 0 radical (unpaired) electrons. The van der Waals surface area contributed by atoms with Crippen molar-refractivity contribution in [3.05, 3.63) is 66.0 Å². The molecule has 0 spiro atoms. The average molecular weight is 492 g/mol. The molecule has 4 N–H and O–H groups in total. The van der Waals surface area contributed by atoms with E-state index in [0.717, 1.165) is 27.9 Å². The zero-order chi connectivity index (χ0) is 24.7. The van der Waals surface area contributed by atoms with Crippen molar-refractivity contribution in [2.75, 3.05) is 5.73 Å². The Balaban J connectivity index is 1.54. The SMILES string of the molecule is Cc1ccc(-c2cn3c(-c4cc(S(=O)(=O)NC5CCC(O)CC5)ccc4C)cnc3c(N)n2)cc1. The lowest BCUT2D eigenvalue weighted by molar-refractivity contribution is 0.120. The highest BCUT2D eigenvalue weighted by Crippen LogP contribution is 2.30. The number of nitrogens with two attached hydrogens (primary N) is 1. The van der Waals surface area contributed by atoms with Gasteiger partial charge in [0, 0.05) is 23.4 Å². The summed E-state index contributed by atoms with van der Waals surface area (Å²) >= 11 is 0. The highest BCUT2D eigenvalue weighted by atomic mass is 32.2. The van der Waals surface area contributed by atoms with Crippen molar-refractivity contribution < 1.29 is 13.5 Å². The summed E-state index contributed by atoms with van der Waals surface area (Å²) in [6.45, 7) is 3.96. The van der Waals surface area contributed by atoms with Gasteiger partial charge in [0.2, 0.25) is 10.0 Å². The van der Waals surface area contributed by atoms with Crippen molar-refractivity contribution in [3.63, 3.8) is 0 Å². The van der Waals surface area contributed by atoms with Crippen LogP contribution >= 0.6 is 0 Å². The normalized spacial score (nSPS) is 18.7. The Morgan fingerprint density at radius 3 is 2.49 bits per heavy atom. The van der Waals surface area contributed by atoms with Crippen LogP contribution in [0.15, 0.2) is 59.8 Å². The maximum Gasteiger partial charge on any atom is 0.240 e. The van der Waals surface area contributed by atoms with Crippen molar-refractivity contribution in [2.45, 2.75) is 56.6 Å². The van der Waals surface area contributed by atoms with Gasteiger partial charge in [-0.2, -0.15) is 0 Å². The monoisotopic (exact) mass is 491 g/mol. The van der Waals surface area contributed by atoms with E-state index in [9.17, 15) is 13.5 Å². The topological polar surface area (TPSA) is 123 Å². The lowest BCUT2D eigenvalue weighted by Gasteiger charge is -2.26. The fourth-order valence-corrected chi connectivity index (χ4v) is 5.93. The lowest BCUT2D eigenvalue weighted by atomic mass is 9.94. The maximum absolute atomic E-state index is 13.2. The number of aliphatic hydroxyl groups is 1. The number of aryl methyl sites for hydroxylation is 2. The predicted molar refractivity (Wildman–Crippen MR) is 136 cm³/mol. The largest absolute Gasteiger partial charge is 0.393 e. The van der Waals surface area contributed by atoms with E-state index in [1.165, 1.54) is 0 Å². The predicted octanol–water partition coefficient (Wildman–Crippen LogP) is 3.84. The van der Waals surface area contributed by atoms with E-state index in [0.29, 0.717) is 42.8 Å². The summed E-state index contributed by atoms with van der Waals surface area (Å²) < 4.78 is 31.0. The number of fused-ring (bicyclic) bond motifs is 1. The number of nitrogens with one attached hydrogen (secondary N) is 1. The fraction of sp³-hybridized carbons (Fsp3) is 0.308. The molecule has 35 heavy (non-hydrogen) atoms. The van der Waals surface area contributed by atoms with Gasteiger partial charge in [0.1, 0.15) is 0 Å². The van der Waals surface area contributed by atoms with Crippen LogP contribution in [-0.4, -0.2) is 40.0 Å². The summed E-state index contributed by atoms with van der Waals surface area (Å²) in [5.41, 5.74) is 11.9. The molecule has 2 aromatic heterocycles. The van der Waals surface area contributed by atoms with Crippen LogP contribution in [0.2, 0.25) is 0 Å². The second-order valence-corrected chi connectivity index (χ2v) is 11.0. The molecule has 1 fully saturated rings. The maximum atomic E-state index is 13.2. The number of nitrogens with zero attached hydrogens (tertiary/aromatic N) is 3. The first-order chi connectivity index (χ1) is 16.7. The van der Waals surface area contributed by atoms with Crippen molar-refractivity contribution in [1.29, 1.82) is 0 Å². The minimum Gasteiger partial charge on any atom is -0.393 e. The Labute approximate surface area is 204 Å². The molecule has 0 amide bonds. The number of imidazole rings is 1. The van der Waals surface area contributed by atoms with Crippen LogP contribution < -0.4 is 10.5 Å². The number of hydrogen-bond acceptors (Lipinski definition) is 6. The molecule has 0 aliphatic heterocycles. The van der Waals surface area contributed by atoms with Gasteiger partial charge in [-0.05, 0) is 57.2 Å². The van der Waals surface area contributed by atoms with Crippen LogP contribution in [-0.2, 0) is 10.0 Å². The Bertz CT molecular complexity index is 1490. The molecule has 2 heterocycles. The molecule has 4 aromatic rings. The van der Waals surface area contributed by atoms with E-state index >= 15 is 0 Å². The molecule has 1 saturated carbocycles. The number of sulfonamides is 1. The van der Waals surface area contributed by atoms with Gasteiger partial charge in [-0.1, -0.05) is 35.9 Å². The first kappa shape index (κ1) is 23.5. The van der Waals surface area contributed by atoms with Crippen LogP contribution in [0.1, 0.15) is 36.8 Å². The summed E-state index contributed by atoms with van der Waals surface area (Å²) in [6.07, 6.45) is 5.69. The summed E-state index contributed by atoms with van der Waals surface area (Å²) in [7, 11) is -3.72. The van der Waals surface area contributed by atoms with E-state index in [-0.39, 0.29) is 17.0 Å². The zero-order valence-corrected chi connectivity index (χ0v) is 20.6. The Morgan fingerprint density at radius 2 is 1.77 bits per heavy atom. The zero-order valence-electron chi connectivity index (χ0n) is 19.8. The van der Waals surface area contributed by atoms with E-state index in [2.05, 4.69) is 14.7 Å². The van der Waals surface area contributed by atoms with Crippen LogP contribution in [0.25, 0.3) is 28.2 Å². The van der Waals surface area contributed by atoms with Crippen LogP contribution in [0, 0.1) is 13.8 Å². The van der Waals surface area contributed by atoms with Crippen LogP contribution in [0.5, 0.6) is 0 Å². The van der Waals surface area contributed by atoms with Crippen LogP contribution in [0.3, 0.4) is 0 Å². The molecule has 1 aliphatic rings. The number of hydrogen-bond donors (Lipinski definition) is 3.